The molecule has 0 unspecified atom stereocenters. The largest absolute Gasteiger partial charge is 0.349 e. The van der Waals surface area contributed by atoms with E-state index in [0.29, 0.717) is 5.17 Å². The van der Waals surface area contributed by atoms with Gasteiger partial charge in [0.2, 0.25) is 0 Å². The lowest BCUT2D eigenvalue weighted by atomic mass is 10.1. The summed E-state index contributed by atoms with van der Waals surface area (Å²) in [5.41, 5.74) is 1.13. The van der Waals surface area contributed by atoms with Gasteiger partial charge in [-0.2, -0.15) is 0 Å². The molecule has 1 aliphatic heterocycles. The van der Waals surface area contributed by atoms with Crippen LogP contribution in [0.25, 0.3) is 0 Å². The van der Waals surface area contributed by atoms with Crippen LogP contribution in [0.1, 0.15) is 10.9 Å². The number of nitrogens with zero attached hydrogens (tertiary/aromatic N) is 1. The van der Waals surface area contributed by atoms with E-state index in [4.69, 9.17) is 17.0 Å². The maximum atomic E-state index is 7.69. The number of halogens is 1. The Morgan fingerprint density at radius 3 is 2.73 bits per heavy atom. The molecule has 1 atom stereocenters. The van der Waals surface area contributed by atoms with Crippen molar-refractivity contribution in [3.8, 4) is 0 Å². The van der Waals surface area contributed by atoms with Crippen molar-refractivity contribution >= 4 is 28.5 Å². The van der Waals surface area contributed by atoms with Crippen molar-refractivity contribution in [1.29, 1.82) is 5.41 Å². The van der Waals surface area contributed by atoms with E-state index >= 15 is 0 Å². The Morgan fingerprint density at radius 2 is 2.13 bits per heavy atom. The van der Waals surface area contributed by atoms with E-state index in [1.54, 1.807) is 11.8 Å². The van der Waals surface area contributed by atoms with Crippen LogP contribution in [0, 0.1) is 5.41 Å². The molecule has 1 aromatic carbocycles. The molecule has 0 aromatic heterocycles. The van der Waals surface area contributed by atoms with E-state index in [9.17, 15) is 0 Å². The monoisotopic (exact) mass is 240 g/mol. The summed E-state index contributed by atoms with van der Waals surface area (Å²) in [6, 6.07) is 10.0. The molecule has 0 bridgehead atoms. The SMILES string of the molecule is N=C1SCCN1C[C@@H](Cl)c1ccccc1. The van der Waals surface area contributed by atoms with Gasteiger partial charge in [0.15, 0.2) is 5.17 Å². The van der Waals surface area contributed by atoms with Gasteiger partial charge >= 0.3 is 0 Å². The second-order valence-electron chi connectivity index (χ2n) is 3.48. The normalized spacial score (nSPS) is 18.2. The Balaban J connectivity index is 1.98. The lowest BCUT2D eigenvalue weighted by Gasteiger charge is -2.20. The van der Waals surface area contributed by atoms with Crippen LogP contribution in [0.5, 0.6) is 0 Å². The van der Waals surface area contributed by atoms with Crippen molar-refractivity contribution in [2.24, 2.45) is 0 Å². The molecule has 1 N–H and O–H groups in total. The summed E-state index contributed by atoms with van der Waals surface area (Å²) in [5, 5.41) is 8.32. The molecule has 1 fully saturated rings. The Morgan fingerprint density at radius 1 is 1.40 bits per heavy atom. The van der Waals surface area contributed by atoms with Crippen LogP contribution in [0.15, 0.2) is 30.3 Å². The molecule has 1 aromatic rings. The topological polar surface area (TPSA) is 27.1 Å². The number of nitrogens with one attached hydrogen (secondary N) is 1. The molecule has 1 heterocycles. The zero-order valence-corrected chi connectivity index (χ0v) is 9.89. The standard InChI is InChI=1S/C11H13ClN2S/c12-10(9-4-2-1-3-5-9)8-14-6-7-15-11(14)13/h1-5,10,13H,6-8H2/t10-/m1/s1. The zero-order valence-electron chi connectivity index (χ0n) is 8.32. The number of hydrogen-bond donors (Lipinski definition) is 1. The third kappa shape index (κ3) is 2.67. The van der Waals surface area contributed by atoms with Crippen molar-refractivity contribution in [3.63, 3.8) is 0 Å². The van der Waals surface area contributed by atoms with Gasteiger partial charge in [0.05, 0.1) is 5.38 Å². The number of alkyl halides is 1. The summed E-state index contributed by atoms with van der Waals surface area (Å²) < 4.78 is 0. The van der Waals surface area contributed by atoms with Crippen LogP contribution in [0.4, 0.5) is 0 Å². The second-order valence-corrected chi connectivity index (χ2v) is 5.09. The van der Waals surface area contributed by atoms with Crippen LogP contribution in [0.3, 0.4) is 0 Å². The minimum atomic E-state index is -0.0229. The predicted molar refractivity (Wildman–Crippen MR) is 66.8 cm³/mol. The third-order valence-corrected chi connectivity index (χ3v) is 3.74. The molecule has 15 heavy (non-hydrogen) atoms. The van der Waals surface area contributed by atoms with Gasteiger partial charge in [0.25, 0.3) is 0 Å². The van der Waals surface area contributed by atoms with E-state index in [1.807, 2.05) is 35.2 Å². The summed E-state index contributed by atoms with van der Waals surface area (Å²) in [5.74, 6) is 1.01. The minimum Gasteiger partial charge on any atom is -0.349 e. The highest BCUT2D eigenvalue weighted by atomic mass is 35.5. The molecule has 0 saturated carbocycles. The quantitative estimate of drug-likeness (QED) is 0.823. The van der Waals surface area contributed by atoms with Crippen molar-refractivity contribution in [2.75, 3.05) is 18.8 Å². The van der Waals surface area contributed by atoms with Gasteiger partial charge in [-0.05, 0) is 5.56 Å². The van der Waals surface area contributed by atoms with Crippen molar-refractivity contribution in [1.82, 2.24) is 4.90 Å². The molecule has 2 nitrogen and oxygen atoms in total. The van der Waals surface area contributed by atoms with Crippen LogP contribution < -0.4 is 0 Å². The van der Waals surface area contributed by atoms with Crippen LogP contribution in [-0.4, -0.2) is 28.9 Å². The summed E-state index contributed by atoms with van der Waals surface area (Å²) in [4.78, 5) is 2.04. The molecule has 1 saturated heterocycles. The molecular formula is C11H13ClN2S. The van der Waals surface area contributed by atoms with Gasteiger partial charge in [-0.1, -0.05) is 42.1 Å². The first kappa shape index (κ1) is 10.8. The van der Waals surface area contributed by atoms with Gasteiger partial charge in [0.1, 0.15) is 0 Å². The minimum absolute atomic E-state index is 0.0229. The number of thioether (sulfide) groups is 1. The van der Waals surface area contributed by atoms with Gasteiger partial charge < -0.3 is 4.90 Å². The van der Waals surface area contributed by atoms with Crippen LogP contribution in [0.2, 0.25) is 0 Å². The fourth-order valence-corrected chi connectivity index (χ4v) is 2.75. The molecule has 0 spiro atoms. The Bertz CT molecular complexity index is 342. The number of benzene rings is 1. The van der Waals surface area contributed by atoms with Crippen molar-refractivity contribution in [2.45, 2.75) is 5.38 Å². The van der Waals surface area contributed by atoms with Gasteiger partial charge in [-0.3, -0.25) is 5.41 Å². The zero-order chi connectivity index (χ0) is 10.7. The molecule has 0 amide bonds. The fraction of sp³-hybridized carbons (Fsp3) is 0.364. The molecular weight excluding hydrogens is 228 g/mol. The molecule has 0 aliphatic carbocycles. The van der Waals surface area contributed by atoms with E-state index in [-0.39, 0.29) is 5.38 Å². The van der Waals surface area contributed by atoms with Crippen LogP contribution in [-0.2, 0) is 0 Å². The van der Waals surface area contributed by atoms with Crippen molar-refractivity contribution < 1.29 is 0 Å². The number of amidine groups is 1. The molecule has 0 radical (unpaired) electrons. The molecule has 2 rings (SSSR count). The summed E-state index contributed by atoms with van der Waals surface area (Å²) >= 11 is 7.90. The smallest absolute Gasteiger partial charge is 0.156 e. The first-order valence-electron chi connectivity index (χ1n) is 4.92. The third-order valence-electron chi connectivity index (χ3n) is 2.43. The molecule has 1 aliphatic rings. The van der Waals surface area contributed by atoms with Crippen LogP contribution >= 0.6 is 23.4 Å². The molecule has 4 heteroatoms. The van der Waals surface area contributed by atoms with E-state index in [2.05, 4.69) is 0 Å². The summed E-state index contributed by atoms with van der Waals surface area (Å²) in [7, 11) is 0. The number of rotatable bonds is 3. The summed E-state index contributed by atoms with van der Waals surface area (Å²) in [6.07, 6.45) is 0. The first-order chi connectivity index (χ1) is 7.27. The lowest BCUT2D eigenvalue weighted by Crippen LogP contribution is -2.27. The predicted octanol–water partition coefficient (Wildman–Crippen LogP) is 2.95. The van der Waals surface area contributed by atoms with Gasteiger partial charge in [0, 0.05) is 18.8 Å². The van der Waals surface area contributed by atoms with Crippen molar-refractivity contribution in [3.05, 3.63) is 35.9 Å². The fourth-order valence-electron chi connectivity index (χ4n) is 1.58. The van der Waals surface area contributed by atoms with E-state index in [0.717, 1.165) is 24.4 Å². The van der Waals surface area contributed by atoms with E-state index in [1.165, 1.54) is 0 Å². The van der Waals surface area contributed by atoms with Gasteiger partial charge in [-0.25, -0.2) is 0 Å². The Labute approximate surface area is 99.1 Å². The summed E-state index contributed by atoms with van der Waals surface area (Å²) in [6.45, 7) is 1.68. The maximum Gasteiger partial charge on any atom is 0.156 e. The maximum absolute atomic E-state index is 7.69. The first-order valence-corrected chi connectivity index (χ1v) is 6.35. The average Bonchev–Trinajstić information content (AvgIpc) is 2.66. The van der Waals surface area contributed by atoms with E-state index < -0.39 is 0 Å². The van der Waals surface area contributed by atoms with Gasteiger partial charge in [-0.15, -0.1) is 11.6 Å². The highest BCUT2D eigenvalue weighted by Crippen LogP contribution is 2.25. The lowest BCUT2D eigenvalue weighted by molar-refractivity contribution is 0.457. The average molecular weight is 241 g/mol. The highest BCUT2D eigenvalue weighted by Gasteiger charge is 2.20. The Hall–Kier alpha value is -0.670. The highest BCUT2D eigenvalue weighted by molar-refractivity contribution is 8.14. The second kappa shape index (κ2) is 4.90. The Kier molecular flexibility index (Phi) is 3.54. The molecule has 80 valence electrons. The number of hydrogen-bond acceptors (Lipinski definition) is 2.